The summed E-state index contributed by atoms with van der Waals surface area (Å²) >= 11 is 5.79. The van der Waals surface area contributed by atoms with Crippen LogP contribution < -0.4 is 4.74 Å². The second-order valence-electron chi connectivity index (χ2n) is 3.27. The van der Waals surface area contributed by atoms with Crippen molar-refractivity contribution in [3.8, 4) is 5.75 Å². The van der Waals surface area contributed by atoms with Gasteiger partial charge in [0, 0.05) is 11.4 Å². The summed E-state index contributed by atoms with van der Waals surface area (Å²) in [6.07, 6.45) is 2.52. The Hall–Kier alpha value is -0.990. The molecule has 15 heavy (non-hydrogen) atoms. The molecule has 0 saturated heterocycles. The van der Waals surface area contributed by atoms with Crippen molar-refractivity contribution >= 4 is 11.6 Å². The van der Waals surface area contributed by atoms with E-state index in [9.17, 15) is 5.11 Å². The maximum Gasteiger partial charge on any atom is 0.120 e. The van der Waals surface area contributed by atoms with Gasteiger partial charge in [-0.2, -0.15) is 0 Å². The minimum Gasteiger partial charge on any atom is -0.493 e. The van der Waals surface area contributed by atoms with Crippen LogP contribution >= 0.6 is 11.6 Å². The molecule has 0 amide bonds. The topological polar surface area (TPSA) is 29.5 Å². The van der Waals surface area contributed by atoms with E-state index in [2.05, 4.69) is 6.58 Å². The first kappa shape index (κ1) is 12.1. The first-order valence-electron chi connectivity index (χ1n) is 4.89. The van der Waals surface area contributed by atoms with Crippen LogP contribution in [-0.4, -0.2) is 17.8 Å². The highest BCUT2D eigenvalue weighted by molar-refractivity contribution is 6.30. The zero-order valence-electron chi connectivity index (χ0n) is 8.53. The summed E-state index contributed by atoms with van der Waals surface area (Å²) in [5.41, 5.74) is 0. The van der Waals surface area contributed by atoms with E-state index in [0.29, 0.717) is 24.5 Å². The molecule has 82 valence electrons. The van der Waals surface area contributed by atoms with Gasteiger partial charge in [-0.1, -0.05) is 23.7 Å². The van der Waals surface area contributed by atoms with Crippen molar-refractivity contribution in [3.05, 3.63) is 41.9 Å². The molecule has 1 rings (SSSR count). The molecule has 0 heterocycles. The van der Waals surface area contributed by atoms with Gasteiger partial charge in [0.05, 0.1) is 12.7 Å². The predicted molar refractivity (Wildman–Crippen MR) is 62.4 cm³/mol. The summed E-state index contributed by atoms with van der Waals surface area (Å²) in [7, 11) is 0. The van der Waals surface area contributed by atoms with Crippen molar-refractivity contribution in [2.75, 3.05) is 6.61 Å². The Balaban J connectivity index is 2.28. The van der Waals surface area contributed by atoms with E-state index in [-0.39, 0.29) is 6.10 Å². The fraction of sp³-hybridized carbons (Fsp3) is 0.333. The van der Waals surface area contributed by atoms with Gasteiger partial charge in [-0.15, -0.1) is 6.58 Å². The number of benzene rings is 1. The third-order valence-electron chi connectivity index (χ3n) is 1.95. The molecule has 0 bridgehead atoms. The number of halogens is 1. The van der Waals surface area contributed by atoms with E-state index in [0.717, 1.165) is 5.75 Å². The molecule has 2 nitrogen and oxygen atoms in total. The molecular weight excluding hydrogens is 212 g/mol. The number of hydrogen-bond acceptors (Lipinski definition) is 2. The van der Waals surface area contributed by atoms with Crippen molar-refractivity contribution in [1.29, 1.82) is 0 Å². The van der Waals surface area contributed by atoms with Crippen LogP contribution in [0.1, 0.15) is 12.8 Å². The van der Waals surface area contributed by atoms with Crippen LogP contribution in [0.25, 0.3) is 0 Å². The van der Waals surface area contributed by atoms with Gasteiger partial charge in [-0.3, -0.25) is 0 Å². The highest BCUT2D eigenvalue weighted by atomic mass is 35.5. The van der Waals surface area contributed by atoms with Crippen LogP contribution in [0.15, 0.2) is 36.9 Å². The van der Waals surface area contributed by atoms with Crippen molar-refractivity contribution in [2.24, 2.45) is 0 Å². The number of aliphatic hydroxyl groups is 1. The fourth-order valence-corrected chi connectivity index (χ4v) is 1.36. The normalized spacial score (nSPS) is 12.1. The summed E-state index contributed by atoms with van der Waals surface area (Å²) in [4.78, 5) is 0. The third kappa shape index (κ3) is 4.86. The van der Waals surface area contributed by atoms with E-state index in [1.165, 1.54) is 0 Å². The van der Waals surface area contributed by atoms with E-state index in [1.54, 1.807) is 18.2 Å². The molecule has 0 aliphatic rings. The second kappa shape index (κ2) is 6.49. The zero-order chi connectivity index (χ0) is 11.1. The maximum atomic E-state index is 9.40. The monoisotopic (exact) mass is 226 g/mol. The quantitative estimate of drug-likeness (QED) is 0.756. The molecule has 0 fully saturated rings. The van der Waals surface area contributed by atoms with Crippen molar-refractivity contribution in [3.63, 3.8) is 0 Å². The van der Waals surface area contributed by atoms with E-state index >= 15 is 0 Å². The van der Waals surface area contributed by atoms with Gasteiger partial charge in [-0.05, 0) is 24.6 Å². The number of hydrogen-bond donors (Lipinski definition) is 1. The van der Waals surface area contributed by atoms with Crippen LogP contribution in [0.5, 0.6) is 5.75 Å². The standard InChI is InChI=1S/C12H15ClO2/c1-2-4-11(14)7-8-15-12-6-3-5-10(13)9-12/h2-3,5-6,9,11,14H,1,4,7-8H2. The van der Waals surface area contributed by atoms with Crippen molar-refractivity contribution < 1.29 is 9.84 Å². The minimum atomic E-state index is -0.373. The second-order valence-corrected chi connectivity index (χ2v) is 3.71. The molecular formula is C12H15ClO2. The predicted octanol–water partition coefficient (Wildman–Crippen LogP) is 3.05. The van der Waals surface area contributed by atoms with Crippen LogP contribution in [0.3, 0.4) is 0 Å². The Kier molecular flexibility index (Phi) is 5.22. The van der Waals surface area contributed by atoms with Gasteiger partial charge in [0.2, 0.25) is 0 Å². The minimum absolute atomic E-state index is 0.373. The summed E-state index contributed by atoms with van der Waals surface area (Å²) in [5.74, 6) is 0.730. The lowest BCUT2D eigenvalue weighted by Crippen LogP contribution is -2.10. The Morgan fingerprint density at radius 1 is 1.53 bits per heavy atom. The summed E-state index contributed by atoms with van der Waals surface area (Å²) in [5, 5.41) is 10.1. The van der Waals surface area contributed by atoms with Gasteiger partial charge in [0.1, 0.15) is 5.75 Å². The van der Waals surface area contributed by atoms with Gasteiger partial charge in [0.15, 0.2) is 0 Å². The Morgan fingerprint density at radius 2 is 2.33 bits per heavy atom. The van der Waals surface area contributed by atoms with E-state index < -0.39 is 0 Å². The number of rotatable bonds is 6. The molecule has 0 spiro atoms. The van der Waals surface area contributed by atoms with Crippen molar-refractivity contribution in [2.45, 2.75) is 18.9 Å². The lowest BCUT2D eigenvalue weighted by molar-refractivity contribution is 0.142. The lowest BCUT2D eigenvalue weighted by Gasteiger charge is -2.09. The number of ether oxygens (including phenoxy) is 1. The van der Waals surface area contributed by atoms with Crippen LogP contribution in [0, 0.1) is 0 Å². The number of aliphatic hydroxyl groups excluding tert-OH is 1. The molecule has 0 aromatic heterocycles. The maximum absolute atomic E-state index is 9.40. The van der Waals surface area contributed by atoms with Gasteiger partial charge < -0.3 is 9.84 Å². The molecule has 0 aliphatic carbocycles. The fourth-order valence-electron chi connectivity index (χ4n) is 1.18. The van der Waals surface area contributed by atoms with Gasteiger partial charge in [0.25, 0.3) is 0 Å². The first-order chi connectivity index (χ1) is 7.22. The summed E-state index contributed by atoms with van der Waals surface area (Å²) in [6, 6.07) is 7.21. The SMILES string of the molecule is C=CCC(O)CCOc1cccc(Cl)c1. The molecule has 1 atom stereocenters. The largest absolute Gasteiger partial charge is 0.493 e. The average molecular weight is 227 g/mol. The van der Waals surface area contributed by atoms with E-state index in [4.69, 9.17) is 16.3 Å². The Morgan fingerprint density at radius 3 is 3.00 bits per heavy atom. The van der Waals surface area contributed by atoms with Gasteiger partial charge >= 0.3 is 0 Å². The molecule has 1 aromatic carbocycles. The van der Waals surface area contributed by atoms with Crippen LogP contribution in [0.2, 0.25) is 5.02 Å². The lowest BCUT2D eigenvalue weighted by atomic mass is 10.2. The molecule has 1 aromatic rings. The summed E-state index contributed by atoms with van der Waals surface area (Å²) < 4.78 is 5.43. The molecule has 3 heteroatoms. The van der Waals surface area contributed by atoms with Gasteiger partial charge in [-0.25, -0.2) is 0 Å². The Labute approximate surface area is 95.1 Å². The Bertz CT molecular complexity index is 312. The van der Waals surface area contributed by atoms with E-state index in [1.807, 2.05) is 12.1 Å². The highest BCUT2D eigenvalue weighted by Gasteiger charge is 2.01. The van der Waals surface area contributed by atoms with Crippen LogP contribution in [0.4, 0.5) is 0 Å². The highest BCUT2D eigenvalue weighted by Crippen LogP contribution is 2.17. The van der Waals surface area contributed by atoms with Crippen LogP contribution in [-0.2, 0) is 0 Å². The molecule has 0 aliphatic heterocycles. The first-order valence-corrected chi connectivity index (χ1v) is 5.27. The smallest absolute Gasteiger partial charge is 0.120 e. The summed E-state index contributed by atoms with van der Waals surface area (Å²) in [6.45, 7) is 4.04. The average Bonchev–Trinajstić information content (AvgIpc) is 2.18. The zero-order valence-corrected chi connectivity index (χ0v) is 9.28. The molecule has 0 radical (unpaired) electrons. The van der Waals surface area contributed by atoms with Crippen molar-refractivity contribution in [1.82, 2.24) is 0 Å². The molecule has 1 unspecified atom stereocenters. The third-order valence-corrected chi connectivity index (χ3v) is 2.19. The molecule has 0 saturated carbocycles. The molecule has 1 N–H and O–H groups in total.